The Morgan fingerprint density at radius 3 is 1.94 bits per heavy atom. The third-order valence-electron chi connectivity index (χ3n) is 2.78. The molecule has 1 unspecified atom stereocenters. The van der Waals surface area contributed by atoms with E-state index >= 15 is 0 Å². The van der Waals surface area contributed by atoms with Crippen molar-refractivity contribution < 1.29 is 14.6 Å². The van der Waals surface area contributed by atoms with Gasteiger partial charge < -0.3 is 20.3 Å². The Kier molecular flexibility index (Phi) is 4.78. The van der Waals surface area contributed by atoms with Crippen molar-refractivity contribution in [3.63, 3.8) is 0 Å². The molecular weight excluding hydrogens is 218 g/mol. The predicted molar refractivity (Wildman–Crippen MR) is 67.6 cm³/mol. The average Bonchev–Trinajstić information content (AvgIpc) is 2.35. The van der Waals surface area contributed by atoms with E-state index in [1.165, 1.54) is 0 Å². The lowest BCUT2D eigenvalue weighted by atomic mass is 9.92. The number of ether oxygens (including phenoxy) is 2. The Morgan fingerprint density at radius 2 is 1.59 bits per heavy atom. The van der Waals surface area contributed by atoms with Gasteiger partial charge in [0.1, 0.15) is 11.5 Å². The summed E-state index contributed by atoms with van der Waals surface area (Å²) in [5, 5.41) is 10.0. The first-order valence-corrected chi connectivity index (χ1v) is 5.69. The molecule has 0 heterocycles. The first kappa shape index (κ1) is 13.8. The summed E-state index contributed by atoms with van der Waals surface area (Å²) in [6.45, 7) is 4.25. The molecule has 0 saturated heterocycles. The van der Waals surface area contributed by atoms with Gasteiger partial charge in [0.15, 0.2) is 0 Å². The molecule has 0 fully saturated rings. The van der Waals surface area contributed by atoms with Crippen LogP contribution in [0, 0.1) is 0 Å². The maximum Gasteiger partial charge on any atom is 0.125 e. The molecule has 3 N–H and O–H groups in total. The summed E-state index contributed by atoms with van der Waals surface area (Å²) in [5.74, 6) is 1.62. The second-order valence-electron chi connectivity index (χ2n) is 4.20. The fourth-order valence-corrected chi connectivity index (χ4v) is 2.01. The van der Waals surface area contributed by atoms with Gasteiger partial charge in [0.25, 0.3) is 0 Å². The maximum absolute atomic E-state index is 10.0. The van der Waals surface area contributed by atoms with Gasteiger partial charge in [-0.15, -0.1) is 0 Å². The van der Waals surface area contributed by atoms with Gasteiger partial charge in [0, 0.05) is 17.7 Å². The summed E-state index contributed by atoms with van der Waals surface area (Å²) in [6, 6.07) is 3.64. The molecule has 4 heteroatoms. The molecule has 0 aliphatic carbocycles. The molecule has 4 nitrogen and oxygen atoms in total. The summed E-state index contributed by atoms with van der Waals surface area (Å²) in [5.41, 5.74) is 7.22. The van der Waals surface area contributed by atoms with E-state index in [4.69, 9.17) is 15.2 Å². The van der Waals surface area contributed by atoms with Crippen LogP contribution >= 0.6 is 0 Å². The lowest BCUT2D eigenvalue weighted by Gasteiger charge is -2.22. The molecule has 1 rings (SSSR count). The number of nitrogens with two attached hydrogens (primary N) is 1. The van der Waals surface area contributed by atoms with Crippen LogP contribution in [0.5, 0.6) is 11.5 Å². The summed E-state index contributed by atoms with van der Waals surface area (Å²) < 4.78 is 10.6. The van der Waals surface area contributed by atoms with E-state index in [0.717, 1.165) is 16.9 Å². The normalized spacial score (nSPS) is 12.6. The molecule has 1 aromatic carbocycles. The minimum absolute atomic E-state index is 0.156. The first-order chi connectivity index (χ1) is 8.06. The monoisotopic (exact) mass is 239 g/mol. The minimum atomic E-state index is -0.738. The summed E-state index contributed by atoms with van der Waals surface area (Å²) >= 11 is 0. The number of hydrogen-bond acceptors (Lipinski definition) is 4. The summed E-state index contributed by atoms with van der Waals surface area (Å²) in [7, 11) is 3.20. The fraction of sp³-hybridized carbons (Fsp3) is 0.538. The summed E-state index contributed by atoms with van der Waals surface area (Å²) in [4.78, 5) is 0. The molecule has 1 atom stereocenters. The van der Waals surface area contributed by atoms with Crippen LogP contribution in [0.4, 0.5) is 0 Å². The Bertz CT molecular complexity index is 377. The predicted octanol–water partition coefficient (Wildman–Crippen LogP) is 1.82. The number of methoxy groups -OCH3 is 2. The number of aliphatic hydroxyl groups excluding tert-OH is 1. The van der Waals surface area contributed by atoms with Gasteiger partial charge in [-0.25, -0.2) is 0 Å². The zero-order valence-electron chi connectivity index (χ0n) is 10.9. The zero-order chi connectivity index (χ0) is 13.0. The third kappa shape index (κ3) is 2.70. The van der Waals surface area contributed by atoms with E-state index in [1.54, 1.807) is 20.3 Å². The third-order valence-corrected chi connectivity index (χ3v) is 2.78. The second-order valence-corrected chi connectivity index (χ2v) is 4.20. The average molecular weight is 239 g/mol. The van der Waals surface area contributed by atoms with Crippen molar-refractivity contribution in [1.82, 2.24) is 0 Å². The van der Waals surface area contributed by atoms with Crippen LogP contribution in [0.1, 0.15) is 37.0 Å². The molecule has 0 bridgehead atoms. The quantitative estimate of drug-likeness (QED) is 0.822. The van der Waals surface area contributed by atoms with E-state index < -0.39 is 6.10 Å². The van der Waals surface area contributed by atoms with Crippen molar-refractivity contribution in [1.29, 1.82) is 0 Å². The number of hydrogen-bond donors (Lipinski definition) is 2. The minimum Gasteiger partial charge on any atom is -0.496 e. The Balaban J connectivity index is 3.46. The van der Waals surface area contributed by atoms with E-state index in [-0.39, 0.29) is 12.5 Å². The number of rotatable bonds is 5. The number of benzene rings is 1. The molecule has 0 aliphatic heterocycles. The van der Waals surface area contributed by atoms with Crippen molar-refractivity contribution in [2.75, 3.05) is 20.8 Å². The molecule has 0 aliphatic rings. The lowest BCUT2D eigenvalue weighted by Crippen LogP contribution is -2.16. The van der Waals surface area contributed by atoms with Gasteiger partial charge in [0.2, 0.25) is 0 Å². The van der Waals surface area contributed by atoms with Crippen LogP contribution < -0.4 is 15.2 Å². The topological polar surface area (TPSA) is 64.7 Å². The van der Waals surface area contributed by atoms with Crippen molar-refractivity contribution in [2.24, 2.45) is 5.73 Å². The molecule has 0 radical (unpaired) electrons. The molecule has 0 saturated carbocycles. The second kappa shape index (κ2) is 5.89. The van der Waals surface area contributed by atoms with Gasteiger partial charge in [-0.05, 0) is 18.1 Å². The maximum atomic E-state index is 10.0. The van der Waals surface area contributed by atoms with Gasteiger partial charge in [0.05, 0.1) is 20.3 Å². The van der Waals surface area contributed by atoms with Gasteiger partial charge >= 0.3 is 0 Å². The smallest absolute Gasteiger partial charge is 0.125 e. The Labute approximate surface area is 102 Å². The van der Waals surface area contributed by atoms with Crippen LogP contribution in [-0.4, -0.2) is 25.9 Å². The van der Waals surface area contributed by atoms with E-state index in [0.29, 0.717) is 5.75 Å². The molecule has 1 aromatic rings. The van der Waals surface area contributed by atoms with Crippen LogP contribution in [0.15, 0.2) is 12.1 Å². The van der Waals surface area contributed by atoms with Crippen LogP contribution in [-0.2, 0) is 0 Å². The van der Waals surface area contributed by atoms with Crippen molar-refractivity contribution in [2.45, 2.75) is 25.9 Å². The Hall–Kier alpha value is -1.26. The number of aliphatic hydroxyl groups is 1. The van der Waals surface area contributed by atoms with Crippen molar-refractivity contribution in [3.8, 4) is 11.5 Å². The first-order valence-electron chi connectivity index (χ1n) is 5.69. The highest BCUT2D eigenvalue weighted by atomic mass is 16.5. The molecular formula is C13H21NO3. The van der Waals surface area contributed by atoms with Gasteiger partial charge in [-0.1, -0.05) is 13.8 Å². The highest BCUT2D eigenvalue weighted by molar-refractivity contribution is 5.51. The molecule has 96 valence electrons. The van der Waals surface area contributed by atoms with Crippen LogP contribution in [0.2, 0.25) is 0 Å². The van der Waals surface area contributed by atoms with Crippen molar-refractivity contribution >= 4 is 0 Å². The van der Waals surface area contributed by atoms with Gasteiger partial charge in [-0.3, -0.25) is 0 Å². The molecule has 17 heavy (non-hydrogen) atoms. The lowest BCUT2D eigenvalue weighted by molar-refractivity contribution is 0.180. The van der Waals surface area contributed by atoms with Gasteiger partial charge in [-0.2, -0.15) is 0 Å². The SMILES string of the molecule is COc1ccc(OC)c(C(O)CN)c1C(C)C. The highest BCUT2D eigenvalue weighted by Crippen LogP contribution is 2.38. The van der Waals surface area contributed by atoms with Crippen LogP contribution in [0.3, 0.4) is 0 Å². The van der Waals surface area contributed by atoms with E-state index in [2.05, 4.69) is 0 Å². The van der Waals surface area contributed by atoms with E-state index in [9.17, 15) is 5.11 Å². The Morgan fingerprint density at radius 1 is 1.12 bits per heavy atom. The van der Waals surface area contributed by atoms with Crippen LogP contribution in [0.25, 0.3) is 0 Å². The zero-order valence-corrected chi connectivity index (χ0v) is 10.9. The molecule has 0 aromatic heterocycles. The summed E-state index contributed by atoms with van der Waals surface area (Å²) in [6.07, 6.45) is -0.738. The standard InChI is InChI=1S/C13H21NO3/c1-8(2)12-10(16-3)5-6-11(17-4)13(12)9(15)7-14/h5-6,8-9,15H,7,14H2,1-4H3. The van der Waals surface area contributed by atoms with E-state index in [1.807, 2.05) is 19.9 Å². The molecule has 0 spiro atoms. The van der Waals surface area contributed by atoms with Crippen molar-refractivity contribution in [3.05, 3.63) is 23.3 Å². The fourth-order valence-electron chi connectivity index (χ4n) is 2.01. The largest absolute Gasteiger partial charge is 0.496 e. The highest BCUT2D eigenvalue weighted by Gasteiger charge is 2.22. The molecule has 0 amide bonds.